The van der Waals surface area contributed by atoms with Crippen LogP contribution >= 0.6 is 45.8 Å². The van der Waals surface area contributed by atoms with Crippen molar-refractivity contribution in [3.05, 3.63) is 116 Å². The third-order valence-electron chi connectivity index (χ3n) is 5.80. The lowest BCUT2D eigenvalue weighted by molar-refractivity contribution is -0.119. The van der Waals surface area contributed by atoms with Gasteiger partial charge in [-0.15, -0.1) is 0 Å². The van der Waals surface area contributed by atoms with Crippen molar-refractivity contribution in [2.75, 3.05) is 17.5 Å². The lowest BCUT2D eigenvalue weighted by Gasteiger charge is -2.23. The summed E-state index contributed by atoms with van der Waals surface area (Å²) in [6.07, 6.45) is 1.43. The fraction of sp³-hybridized carbons (Fsp3) is 0.133. The standard InChI is InChI=1S/C30H26Cl2IN3O5S/c1-2-40-29-16-21(8-15-28(29)41-20-22-9-10-23(31)17-27(22)32)18-34-35-30(37)19-36(25-13-11-24(33)12-14-25)42(38,39)26-6-4-3-5-7-26/h3-18H,2,19-20H2,1H3,(H,35,37)/b34-18-. The van der Waals surface area contributed by atoms with Gasteiger partial charge in [0, 0.05) is 19.2 Å². The predicted molar refractivity (Wildman–Crippen MR) is 174 cm³/mol. The van der Waals surface area contributed by atoms with Crippen molar-refractivity contribution < 1.29 is 22.7 Å². The van der Waals surface area contributed by atoms with Crippen LogP contribution in [0.2, 0.25) is 10.0 Å². The zero-order valence-electron chi connectivity index (χ0n) is 22.3. The molecule has 0 heterocycles. The average Bonchev–Trinajstić information content (AvgIpc) is 2.97. The summed E-state index contributed by atoms with van der Waals surface area (Å²) in [6, 6.07) is 25.2. The first-order valence-corrected chi connectivity index (χ1v) is 15.9. The van der Waals surface area contributed by atoms with E-state index in [2.05, 4.69) is 33.1 Å². The molecule has 0 unspecified atom stereocenters. The molecule has 218 valence electrons. The number of halogens is 3. The molecule has 1 N–H and O–H groups in total. The summed E-state index contributed by atoms with van der Waals surface area (Å²) in [7, 11) is -4.01. The van der Waals surface area contributed by atoms with Crippen LogP contribution in [0.25, 0.3) is 0 Å². The van der Waals surface area contributed by atoms with E-state index >= 15 is 0 Å². The smallest absolute Gasteiger partial charge is 0.264 e. The fourth-order valence-electron chi connectivity index (χ4n) is 3.77. The van der Waals surface area contributed by atoms with Gasteiger partial charge in [0.25, 0.3) is 15.9 Å². The molecular weight excluding hydrogens is 712 g/mol. The Bertz CT molecular complexity index is 1670. The molecule has 12 heteroatoms. The normalized spacial score (nSPS) is 11.3. The van der Waals surface area contributed by atoms with Crippen molar-refractivity contribution in [2.24, 2.45) is 5.10 Å². The van der Waals surface area contributed by atoms with Crippen LogP contribution < -0.4 is 19.2 Å². The maximum absolute atomic E-state index is 13.4. The Hall–Kier alpha value is -3.32. The number of hydrogen-bond acceptors (Lipinski definition) is 6. The summed E-state index contributed by atoms with van der Waals surface area (Å²) in [4.78, 5) is 12.9. The summed E-state index contributed by atoms with van der Waals surface area (Å²) in [5, 5.41) is 5.06. The molecule has 4 rings (SSSR count). The number of nitrogens with zero attached hydrogens (tertiary/aromatic N) is 2. The van der Waals surface area contributed by atoms with E-state index in [0.717, 1.165) is 13.4 Å². The van der Waals surface area contributed by atoms with E-state index in [1.54, 1.807) is 78.9 Å². The molecule has 4 aromatic rings. The first-order chi connectivity index (χ1) is 20.2. The number of nitrogens with one attached hydrogen (secondary N) is 1. The van der Waals surface area contributed by atoms with Crippen LogP contribution in [0.3, 0.4) is 0 Å². The Kier molecular flexibility index (Phi) is 11.1. The fourth-order valence-corrected chi connectivity index (χ4v) is 6.04. The van der Waals surface area contributed by atoms with Crippen LogP contribution in [0.4, 0.5) is 5.69 Å². The van der Waals surface area contributed by atoms with Crippen LogP contribution in [0, 0.1) is 3.57 Å². The predicted octanol–water partition coefficient (Wildman–Crippen LogP) is 6.92. The lowest BCUT2D eigenvalue weighted by atomic mass is 10.2. The monoisotopic (exact) mass is 737 g/mol. The van der Waals surface area contributed by atoms with Gasteiger partial charge in [0.15, 0.2) is 11.5 Å². The Morgan fingerprint density at radius 1 is 0.952 bits per heavy atom. The molecule has 0 aliphatic carbocycles. The largest absolute Gasteiger partial charge is 0.490 e. The second-order valence-corrected chi connectivity index (χ2v) is 12.7. The molecule has 0 saturated carbocycles. The van der Waals surface area contributed by atoms with Gasteiger partial charge in [0.05, 0.1) is 23.4 Å². The number of carbonyl (C=O) groups excluding carboxylic acids is 1. The summed E-state index contributed by atoms with van der Waals surface area (Å²) < 4.78 is 40.5. The van der Waals surface area contributed by atoms with Crippen molar-refractivity contribution in [1.82, 2.24) is 5.43 Å². The molecule has 0 spiro atoms. The Morgan fingerprint density at radius 3 is 2.38 bits per heavy atom. The second-order valence-electron chi connectivity index (χ2n) is 8.76. The van der Waals surface area contributed by atoms with E-state index < -0.39 is 22.5 Å². The zero-order chi connectivity index (χ0) is 30.1. The first kappa shape index (κ1) is 31.6. The molecule has 0 radical (unpaired) electrons. The number of sulfonamides is 1. The van der Waals surface area contributed by atoms with Crippen LogP contribution in [0.1, 0.15) is 18.1 Å². The van der Waals surface area contributed by atoms with Crippen LogP contribution in [-0.4, -0.2) is 33.7 Å². The van der Waals surface area contributed by atoms with Gasteiger partial charge < -0.3 is 9.47 Å². The summed E-state index contributed by atoms with van der Waals surface area (Å²) in [5.74, 6) is 0.370. The molecule has 0 aliphatic heterocycles. The minimum atomic E-state index is -4.01. The highest BCUT2D eigenvalue weighted by Gasteiger charge is 2.27. The lowest BCUT2D eigenvalue weighted by Crippen LogP contribution is -2.39. The van der Waals surface area contributed by atoms with Gasteiger partial charge in [-0.05, 0) is 102 Å². The first-order valence-electron chi connectivity index (χ1n) is 12.7. The summed E-state index contributed by atoms with van der Waals surface area (Å²) >= 11 is 14.3. The number of ether oxygens (including phenoxy) is 2. The number of hydrazone groups is 1. The Balaban J connectivity index is 1.46. The number of anilines is 1. The highest BCUT2D eigenvalue weighted by Crippen LogP contribution is 2.30. The number of hydrogen-bond donors (Lipinski definition) is 1. The quantitative estimate of drug-likeness (QED) is 0.0968. The molecule has 4 aromatic carbocycles. The molecule has 0 fully saturated rings. The third-order valence-corrected chi connectivity index (χ3v) is 8.90. The van der Waals surface area contributed by atoms with Gasteiger partial charge in [0.1, 0.15) is 13.2 Å². The van der Waals surface area contributed by atoms with Crippen molar-refractivity contribution >= 4 is 73.6 Å². The number of carbonyl (C=O) groups is 1. The van der Waals surface area contributed by atoms with E-state index in [1.165, 1.54) is 18.3 Å². The number of amides is 1. The van der Waals surface area contributed by atoms with Crippen LogP contribution in [-0.2, 0) is 21.4 Å². The van der Waals surface area contributed by atoms with Gasteiger partial charge >= 0.3 is 0 Å². The number of rotatable bonds is 12. The van der Waals surface area contributed by atoms with E-state index in [1.807, 2.05) is 6.92 Å². The molecule has 0 bridgehead atoms. The molecule has 8 nitrogen and oxygen atoms in total. The summed E-state index contributed by atoms with van der Waals surface area (Å²) in [6.45, 7) is 1.99. The molecule has 0 aromatic heterocycles. The SMILES string of the molecule is CCOc1cc(/C=N\NC(=O)CN(c2ccc(I)cc2)S(=O)(=O)c2ccccc2)ccc1OCc1ccc(Cl)cc1Cl. The minimum Gasteiger partial charge on any atom is -0.490 e. The van der Waals surface area contributed by atoms with Crippen molar-refractivity contribution in [3.63, 3.8) is 0 Å². The minimum absolute atomic E-state index is 0.0731. The molecule has 1 amide bonds. The molecular formula is C30H26Cl2IN3O5S. The van der Waals surface area contributed by atoms with Gasteiger partial charge in [-0.2, -0.15) is 5.10 Å². The van der Waals surface area contributed by atoms with Crippen LogP contribution in [0.15, 0.2) is 101 Å². The van der Waals surface area contributed by atoms with Crippen LogP contribution in [0.5, 0.6) is 11.5 Å². The Morgan fingerprint density at radius 2 is 1.69 bits per heavy atom. The number of benzene rings is 4. The summed E-state index contributed by atoms with van der Waals surface area (Å²) in [5.41, 5.74) is 4.17. The van der Waals surface area contributed by atoms with E-state index in [-0.39, 0.29) is 11.5 Å². The highest BCUT2D eigenvalue weighted by atomic mass is 127. The van der Waals surface area contributed by atoms with Gasteiger partial charge in [-0.1, -0.05) is 47.5 Å². The van der Waals surface area contributed by atoms with E-state index in [4.69, 9.17) is 32.7 Å². The topological polar surface area (TPSA) is 97.3 Å². The molecule has 42 heavy (non-hydrogen) atoms. The molecule has 0 atom stereocenters. The van der Waals surface area contributed by atoms with Crippen molar-refractivity contribution in [3.8, 4) is 11.5 Å². The van der Waals surface area contributed by atoms with Crippen molar-refractivity contribution in [1.29, 1.82) is 0 Å². The maximum atomic E-state index is 13.4. The second kappa shape index (κ2) is 14.7. The average molecular weight is 738 g/mol. The van der Waals surface area contributed by atoms with E-state index in [9.17, 15) is 13.2 Å². The maximum Gasteiger partial charge on any atom is 0.264 e. The van der Waals surface area contributed by atoms with Gasteiger partial charge in [0.2, 0.25) is 0 Å². The molecule has 0 saturated heterocycles. The Labute approximate surface area is 268 Å². The van der Waals surface area contributed by atoms with Gasteiger partial charge in [-0.25, -0.2) is 13.8 Å². The third kappa shape index (κ3) is 8.37. The van der Waals surface area contributed by atoms with Gasteiger partial charge in [-0.3, -0.25) is 9.10 Å². The molecule has 0 aliphatic rings. The van der Waals surface area contributed by atoms with E-state index in [0.29, 0.717) is 39.4 Å². The highest BCUT2D eigenvalue weighted by molar-refractivity contribution is 14.1. The van der Waals surface area contributed by atoms with Crippen molar-refractivity contribution in [2.45, 2.75) is 18.4 Å². The zero-order valence-corrected chi connectivity index (χ0v) is 26.8.